The Kier molecular flexibility index (Phi) is 7.72. The zero-order valence-corrected chi connectivity index (χ0v) is 14.8. The van der Waals surface area contributed by atoms with Gasteiger partial charge in [0.1, 0.15) is 0 Å². The summed E-state index contributed by atoms with van der Waals surface area (Å²) in [7, 11) is 0. The first-order valence-corrected chi connectivity index (χ1v) is 9.15. The summed E-state index contributed by atoms with van der Waals surface area (Å²) in [5, 5.41) is 0. The van der Waals surface area contributed by atoms with E-state index in [4.69, 9.17) is 0 Å². The summed E-state index contributed by atoms with van der Waals surface area (Å²) < 4.78 is 0. The highest BCUT2D eigenvalue weighted by molar-refractivity contribution is 5.46. The molecule has 0 spiro atoms. The molecule has 0 amide bonds. The van der Waals surface area contributed by atoms with Gasteiger partial charge in [-0.15, -0.1) is 0 Å². The fourth-order valence-electron chi connectivity index (χ4n) is 2.94. The fourth-order valence-corrected chi connectivity index (χ4v) is 2.94. The minimum Gasteiger partial charge on any atom is -0.367 e. The van der Waals surface area contributed by atoms with Gasteiger partial charge >= 0.3 is 0 Å². The van der Waals surface area contributed by atoms with Gasteiger partial charge in [-0.25, -0.2) is 0 Å². The molecule has 1 heteroatoms. The quantitative estimate of drug-likeness (QED) is 0.461. The molecule has 2 aromatic rings. The van der Waals surface area contributed by atoms with Crippen molar-refractivity contribution in [3.8, 4) is 0 Å². The van der Waals surface area contributed by atoms with Crippen LogP contribution in [0.25, 0.3) is 0 Å². The van der Waals surface area contributed by atoms with E-state index in [1.54, 1.807) is 0 Å². The van der Waals surface area contributed by atoms with Gasteiger partial charge in [-0.3, -0.25) is 0 Å². The molecule has 0 saturated heterocycles. The van der Waals surface area contributed by atoms with Crippen LogP contribution in [0.2, 0.25) is 0 Å². The molecule has 0 heterocycles. The monoisotopic (exact) mass is 309 g/mol. The molecule has 0 atom stereocenters. The largest absolute Gasteiger partial charge is 0.367 e. The van der Waals surface area contributed by atoms with E-state index >= 15 is 0 Å². The van der Waals surface area contributed by atoms with Crippen LogP contribution in [0.4, 0.5) is 5.69 Å². The molecule has 0 N–H and O–H groups in total. The minimum absolute atomic E-state index is 0.999. The van der Waals surface area contributed by atoms with Crippen molar-refractivity contribution in [1.82, 2.24) is 0 Å². The van der Waals surface area contributed by atoms with Gasteiger partial charge < -0.3 is 4.90 Å². The predicted octanol–water partition coefficient (Wildman–Crippen LogP) is 6.36. The van der Waals surface area contributed by atoms with E-state index in [1.165, 1.54) is 55.3 Å². The molecule has 0 aliphatic heterocycles. The molecule has 124 valence electrons. The average Bonchev–Trinajstić information content (AvgIpc) is 2.59. The Morgan fingerprint density at radius 2 is 1.39 bits per heavy atom. The smallest absolute Gasteiger partial charge is 0.0429 e. The Labute approximate surface area is 142 Å². The normalized spacial score (nSPS) is 10.7. The SMILES string of the molecule is CCCCCCCCN(Cc1ccc(C)cc1)c1ccccc1. The van der Waals surface area contributed by atoms with Crippen molar-refractivity contribution in [1.29, 1.82) is 0 Å². The van der Waals surface area contributed by atoms with Gasteiger partial charge in [-0.2, -0.15) is 0 Å². The van der Waals surface area contributed by atoms with Crippen molar-refractivity contribution in [2.45, 2.75) is 58.9 Å². The number of benzene rings is 2. The number of para-hydroxylation sites is 1. The Hall–Kier alpha value is -1.76. The first kappa shape index (κ1) is 17.6. The number of unbranched alkanes of at least 4 members (excludes halogenated alkanes) is 5. The summed E-state index contributed by atoms with van der Waals surface area (Å²) in [6, 6.07) is 19.8. The number of nitrogens with zero attached hydrogens (tertiary/aromatic N) is 1. The van der Waals surface area contributed by atoms with Crippen molar-refractivity contribution in [3.63, 3.8) is 0 Å². The maximum atomic E-state index is 2.52. The van der Waals surface area contributed by atoms with Gasteiger partial charge in [0, 0.05) is 18.8 Å². The number of anilines is 1. The van der Waals surface area contributed by atoms with Crippen molar-refractivity contribution < 1.29 is 0 Å². The van der Waals surface area contributed by atoms with E-state index < -0.39 is 0 Å². The minimum atomic E-state index is 0.999. The Bertz CT molecular complexity index is 530. The topological polar surface area (TPSA) is 3.24 Å². The van der Waals surface area contributed by atoms with Crippen LogP contribution < -0.4 is 4.90 Å². The second-order valence-electron chi connectivity index (χ2n) is 6.51. The van der Waals surface area contributed by atoms with Gasteiger partial charge in [-0.05, 0) is 31.0 Å². The van der Waals surface area contributed by atoms with Crippen molar-refractivity contribution in [2.24, 2.45) is 0 Å². The van der Waals surface area contributed by atoms with Crippen LogP contribution in [0.5, 0.6) is 0 Å². The van der Waals surface area contributed by atoms with Crippen LogP contribution in [0.1, 0.15) is 56.6 Å². The van der Waals surface area contributed by atoms with Gasteiger partial charge in [0.2, 0.25) is 0 Å². The molecule has 0 saturated carbocycles. The molecule has 0 bridgehead atoms. The third-order valence-corrected chi connectivity index (χ3v) is 4.40. The third kappa shape index (κ3) is 6.48. The van der Waals surface area contributed by atoms with E-state index in [0.717, 1.165) is 13.1 Å². The molecule has 23 heavy (non-hydrogen) atoms. The summed E-state index contributed by atoms with van der Waals surface area (Å²) in [5.74, 6) is 0. The highest BCUT2D eigenvalue weighted by atomic mass is 15.1. The molecule has 1 nitrogen and oxygen atoms in total. The zero-order chi connectivity index (χ0) is 16.3. The Morgan fingerprint density at radius 3 is 2.09 bits per heavy atom. The van der Waals surface area contributed by atoms with Crippen LogP contribution in [0, 0.1) is 6.92 Å². The molecule has 0 unspecified atom stereocenters. The van der Waals surface area contributed by atoms with E-state index in [9.17, 15) is 0 Å². The standard InChI is InChI=1S/C22H31N/c1-3-4-5-6-7-11-18-23(22-12-9-8-10-13-22)19-21-16-14-20(2)15-17-21/h8-10,12-17H,3-7,11,18-19H2,1-2H3. The van der Waals surface area contributed by atoms with Gasteiger partial charge in [0.15, 0.2) is 0 Å². The van der Waals surface area contributed by atoms with Crippen LogP contribution in [-0.4, -0.2) is 6.54 Å². The maximum Gasteiger partial charge on any atom is 0.0429 e. The molecule has 0 radical (unpaired) electrons. The second-order valence-corrected chi connectivity index (χ2v) is 6.51. The summed E-state index contributed by atoms with van der Waals surface area (Å²) >= 11 is 0. The lowest BCUT2D eigenvalue weighted by molar-refractivity contribution is 0.598. The molecule has 0 aromatic heterocycles. The van der Waals surface area contributed by atoms with Crippen molar-refractivity contribution in [3.05, 3.63) is 65.7 Å². The van der Waals surface area contributed by atoms with Crippen LogP contribution in [0.15, 0.2) is 54.6 Å². The van der Waals surface area contributed by atoms with Gasteiger partial charge in [0.05, 0.1) is 0 Å². The van der Waals surface area contributed by atoms with Crippen molar-refractivity contribution in [2.75, 3.05) is 11.4 Å². The average molecular weight is 309 g/mol. The second kappa shape index (κ2) is 10.1. The highest BCUT2D eigenvalue weighted by Crippen LogP contribution is 2.18. The molecule has 0 aliphatic carbocycles. The summed E-state index contributed by atoms with van der Waals surface area (Å²) in [4.78, 5) is 2.52. The number of hydrogen-bond acceptors (Lipinski definition) is 1. The third-order valence-electron chi connectivity index (χ3n) is 4.40. The Morgan fingerprint density at radius 1 is 0.739 bits per heavy atom. The molecule has 2 rings (SSSR count). The number of rotatable bonds is 10. The zero-order valence-electron chi connectivity index (χ0n) is 14.8. The van der Waals surface area contributed by atoms with Crippen molar-refractivity contribution >= 4 is 5.69 Å². The van der Waals surface area contributed by atoms with E-state index in [2.05, 4.69) is 73.3 Å². The fraction of sp³-hybridized carbons (Fsp3) is 0.455. The number of hydrogen-bond donors (Lipinski definition) is 0. The number of aryl methyl sites for hydroxylation is 1. The lowest BCUT2D eigenvalue weighted by Gasteiger charge is -2.25. The summed E-state index contributed by atoms with van der Waals surface area (Å²) in [6.45, 7) is 6.57. The Balaban J connectivity index is 1.91. The first-order chi connectivity index (χ1) is 11.3. The maximum absolute atomic E-state index is 2.52. The van der Waals surface area contributed by atoms with Crippen LogP contribution in [-0.2, 0) is 6.54 Å². The molecule has 2 aromatic carbocycles. The highest BCUT2D eigenvalue weighted by Gasteiger charge is 2.07. The van der Waals surface area contributed by atoms with E-state index in [-0.39, 0.29) is 0 Å². The van der Waals surface area contributed by atoms with Gasteiger partial charge in [-0.1, -0.05) is 87.1 Å². The lowest BCUT2D eigenvalue weighted by Crippen LogP contribution is -2.23. The van der Waals surface area contributed by atoms with Gasteiger partial charge in [0.25, 0.3) is 0 Å². The predicted molar refractivity (Wildman–Crippen MR) is 102 cm³/mol. The molecule has 0 fully saturated rings. The molecule has 0 aliphatic rings. The van der Waals surface area contributed by atoms with Crippen LogP contribution >= 0.6 is 0 Å². The summed E-state index contributed by atoms with van der Waals surface area (Å²) in [6.07, 6.45) is 8.10. The van der Waals surface area contributed by atoms with Crippen LogP contribution in [0.3, 0.4) is 0 Å². The summed E-state index contributed by atoms with van der Waals surface area (Å²) in [5.41, 5.74) is 4.06. The lowest BCUT2D eigenvalue weighted by atomic mass is 10.1. The first-order valence-electron chi connectivity index (χ1n) is 9.15. The molecular weight excluding hydrogens is 278 g/mol. The molecular formula is C22H31N. The van der Waals surface area contributed by atoms with E-state index in [1.807, 2.05) is 0 Å². The van der Waals surface area contributed by atoms with E-state index in [0.29, 0.717) is 0 Å².